The second-order valence-electron chi connectivity index (χ2n) is 25.2. The van der Waals surface area contributed by atoms with Crippen molar-refractivity contribution >= 4 is 45.3 Å². The van der Waals surface area contributed by atoms with Crippen LogP contribution in [-0.4, -0.2) is 14.1 Å². The van der Waals surface area contributed by atoms with E-state index in [1.54, 1.807) is 0 Å². The summed E-state index contributed by atoms with van der Waals surface area (Å²) in [5.41, 5.74) is 18.1. The van der Waals surface area contributed by atoms with E-state index in [0.717, 1.165) is 66.0 Å². The van der Waals surface area contributed by atoms with Crippen LogP contribution in [0.25, 0.3) is 22.4 Å². The molecule has 0 atom stereocenters. The topological polar surface area (TPSA) is 38.5 Å². The predicted octanol–water partition coefficient (Wildman–Crippen LogP) is 18.4. The minimum atomic E-state index is -0.786. The van der Waals surface area contributed by atoms with Crippen LogP contribution in [0.15, 0.2) is 188 Å². The fourth-order valence-corrected chi connectivity index (χ4v) is 12.7. The Bertz CT molecular complexity index is 3960. The van der Waals surface area contributed by atoms with Crippen molar-refractivity contribution in [2.45, 2.75) is 110 Å². The average Bonchev–Trinajstić information content (AvgIpc) is 1.84. The van der Waals surface area contributed by atoms with Gasteiger partial charge in [-0.1, -0.05) is 108 Å². The van der Waals surface area contributed by atoms with E-state index >= 15 is 0 Å². The molecule has 2 aromatic heterocycles. The summed E-state index contributed by atoms with van der Waals surface area (Å²) in [5, 5.41) is 0. The van der Waals surface area contributed by atoms with Gasteiger partial charge in [-0.25, -0.2) is 0 Å². The van der Waals surface area contributed by atoms with Gasteiger partial charge in [0.15, 0.2) is 0 Å². The molecule has 12 rings (SSSR count). The first-order chi connectivity index (χ1) is 37.1. The van der Waals surface area contributed by atoms with Crippen molar-refractivity contribution < 1.29 is 24.1 Å². The molecule has 0 bridgehead atoms. The first kappa shape index (κ1) is 51.2. The van der Waals surface area contributed by atoms with Crippen molar-refractivity contribution in [3.63, 3.8) is 0 Å². The van der Waals surface area contributed by atoms with Crippen LogP contribution >= 0.6 is 0 Å². The molecule has 6 nitrogen and oxygen atoms in total. The number of para-hydroxylation sites is 5. The molecule has 78 heavy (non-hydrogen) atoms. The van der Waals surface area contributed by atoms with Gasteiger partial charge in [-0.15, -0.1) is 0 Å². The Hall–Kier alpha value is -7.53. The van der Waals surface area contributed by atoms with E-state index in [-0.39, 0.29) is 21.7 Å². The number of imidazole rings is 1. The molecule has 2 aliphatic rings. The number of hydrogen-bond donors (Lipinski definition) is 0. The molecule has 0 aliphatic carbocycles. The van der Waals surface area contributed by atoms with Gasteiger partial charge in [-0.2, -0.15) is 0 Å². The molecule has 394 valence electrons. The van der Waals surface area contributed by atoms with Crippen LogP contribution < -0.4 is 14.5 Å². The van der Waals surface area contributed by atoms with Crippen LogP contribution in [0.5, 0.6) is 11.5 Å². The summed E-state index contributed by atoms with van der Waals surface area (Å²) in [7, 11) is 0. The third-order valence-electron chi connectivity index (χ3n) is 15.8. The molecule has 0 amide bonds. The van der Waals surface area contributed by atoms with Crippen LogP contribution in [0.3, 0.4) is 0 Å². The number of fused-ring (bicyclic) bond motifs is 9. The molecule has 4 heterocycles. The number of hydrogen-bond acceptors (Lipinski definition) is 4. The summed E-state index contributed by atoms with van der Waals surface area (Å²) in [6.07, 6.45) is 1.95. The first-order valence-electron chi connectivity index (χ1n) is 27.2. The fourth-order valence-electron chi connectivity index (χ4n) is 11.6. The maximum absolute atomic E-state index is 7.07. The van der Waals surface area contributed by atoms with Crippen molar-refractivity contribution in [2.75, 3.05) is 9.80 Å². The van der Waals surface area contributed by atoms with Gasteiger partial charge < -0.3 is 4.90 Å². The van der Waals surface area contributed by atoms with Crippen LogP contribution in [0.2, 0.25) is 0 Å². The molecule has 8 aromatic carbocycles. The van der Waals surface area contributed by atoms with Crippen LogP contribution in [-0.2, 0) is 46.4 Å². The maximum atomic E-state index is 7.07. The Labute approximate surface area is 472 Å². The third-order valence-corrected chi connectivity index (χ3v) is 16.8. The Morgan fingerprint density at radius 2 is 0.974 bits per heavy atom. The Morgan fingerprint density at radius 3 is 1.60 bits per heavy atom. The van der Waals surface area contributed by atoms with E-state index in [9.17, 15) is 0 Å². The van der Waals surface area contributed by atoms with E-state index in [2.05, 4.69) is 309 Å². The van der Waals surface area contributed by atoms with E-state index in [1.165, 1.54) is 38.9 Å². The van der Waals surface area contributed by atoms with Crippen molar-refractivity contribution in [1.82, 2.24) is 14.1 Å². The van der Waals surface area contributed by atoms with Crippen molar-refractivity contribution in [1.29, 1.82) is 0 Å². The summed E-state index contributed by atoms with van der Waals surface area (Å²) in [6, 6.07) is 74.2. The quantitative estimate of drug-likeness (QED) is 0.156. The zero-order valence-electron chi connectivity index (χ0n) is 46.9. The van der Waals surface area contributed by atoms with E-state index in [0.29, 0.717) is 11.5 Å². The summed E-state index contributed by atoms with van der Waals surface area (Å²) in [5.74, 6) is 1.97. The number of aromatic nitrogens is 3. The number of benzene rings is 8. The normalized spacial score (nSPS) is 14.0. The van der Waals surface area contributed by atoms with Gasteiger partial charge >= 0.3 is 286 Å². The molecular weight excluding hydrogens is 1130 g/mol. The van der Waals surface area contributed by atoms with Crippen molar-refractivity contribution in [2.24, 2.45) is 0 Å². The number of ether oxygens (including phenoxy) is 1. The zero-order chi connectivity index (χ0) is 54.7. The summed E-state index contributed by atoms with van der Waals surface area (Å²) < 4.78 is 12.8. The van der Waals surface area contributed by atoms with Gasteiger partial charge in [0.2, 0.25) is 0 Å². The van der Waals surface area contributed by atoms with Gasteiger partial charge in [-0.3, -0.25) is 0 Å². The van der Waals surface area contributed by atoms with Gasteiger partial charge in [0.25, 0.3) is 0 Å². The second kappa shape index (κ2) is 18.6. The Morgan fingerprint density at radius 1 is 0.423 bits per heavy atom. The second-order valence-corrected chi connectivity index (χ2v) is 26.2. The number of anilines is 6. The van der Waals surface area contributed by atoms with Crippen molar-refractivity contribution in [3.05, 3.63) is 249 Å². The average molecular weight is 1200 g/mol. The monoisotopic (exact) mass is 1200 g/mol. The van der Waals surface area contributed by atoms with Crippen molar-refractivity contribution in [3.8, 4) is 22.9 Å². The minimum absolute atomic E-state index is 0.0353. The van der Waals surface area contributed by atoms with Crippen LogP contribution in [0.1, 0.15) is 128 Å². The van der Waals surface area contributed by atoms with E-state index in [4.69, 9.17) is 9.72 Å². The molecule has 0 saturated heterocycles. The Kier molecular flexibility index (Phi) is 12.2. The summed E-state index contributed by atoms with van der Waals surface area (Å²) in [6.45, 7) is 27.5. The molecule has 0 unspecified atom stereocenters. The molecular formula is C71H67N5OPt-2. The molecule has 1 spiro atoms. The third kappa shape index (κ3) is 8.50. The van der Waals surface area contributed by atoms with Gasteiger partial charge in [0, 0.05) is 23.3 Å². The van der Waals surface area contributed by atoms with Gasteiger partial charge in [0.05, 0.1) is 0 Å². The molecule has 2 aliphatic heterocycles. The van der Waals surface area contributed by atoms with Gasteiger partial charge in [-0.05, 0) is 52.3 Å². The number of pyridine rings is 1. The molecule has 0 radical (unpaired) electrons. The molecule has 0 saturated carbocycles. The van der Waals surface area contributed by atoms with Gasteiger partial charge in [0.1, 0.15) is 0 Å². The Balaban J connectivity index is 1.07. The SMILES string of the molecule is CC(C)(C)c1cc(-n2[c](=[Pt])n(-c3[c-]c(Oc4[c-]c5c(cc4)C4(c6cc(C(C)(C)C)ccc6N5c5cc(C(C)(C)C)ccn5)c5ccccc5N(c5ccccc5)c5ccccc54)ccc3)c3ccccc32)cc(C(C)(C)C)c1. The number of rotatable bonds is 6. The predicted molar refractivity (Wildman–Crippen MR) is 317 cm³/mol. The van der Waals surface area contributed by atoms with E-state index in [1.807, 2.05) is 12.3 Å². The molecule has 0 N–H and O–H groups in total. The van der Waals surface area contributed by atoms with Crippen LogP contribution in [0, 0.1) is 15.9 Å². The summed E-state index contributed by atoms with van der Waals surface area (Å²) >= 11 is 2.49. The number of nitrogens with zero attached hydrogens (tertiary/aromatic N) is 5. The first-order valence-corrected chi connectivity index (χ1v) is 28.3. The van der Waals surface area contributed by atoms with E-state index < -0.39 is 5.41 Å². The van der Waals surface area contributed by atoms with Crippen LogP contribution in [0.4, 0.5) is 34.3 Å². The molecule has 7 heteroatoms. The standard InChI is InChI=1S/C71H67N5O.Pt/c1-67(2,3)47-33-36-62-59(42-47)71(56-27-16-18-29-60(56)75(51-23-14-13-15-24-51)61-30-19-17-28-57(61)71)58-35-34-55(45-65(58)76(62)66-43-48(37-38-72-66)68(4,5)6)77-54-26-22-25-52(44-54)73-46-74(64-32-21-20-31-63(64)73)53-40-49(69(7,8)9)39-50(41-53)70(10,11)12;/h13-43H,1-12H3;/q-2;. The molecule has 10 aromatic rings. The summed E-state index contributed by atoms with van der Waals surface area (Å²) in [4.78, 5) is 9.97. The fraction of sp³-hybridized carbons (Fsp3) is 0.239. The molecule has 0 fully saturated rings. The zero-order valence-corrected chi connectivity index (χ0v) is 49.1.